The lowest BCUT2D eigenvalue weighted by Gasteiger charge is -2.18. The van der Waals surface area contributed by atoms with Crippen LogP contribution in [0.5, 0.6) is 0 Å². The van der Waals surface area contributed by atoms with Gasteiger partial charge in [-0.3, -0.25) is 10.1 Å². The predicted octanol–water partition coefficient (Wildman–Crippen LogP) is 2.58. The van der Waals surface area contributed by atoms with Crippen LogP contribution in [-0.2, 0) is 4.79 Å². The zero-order valence-electron chi connectivity index (χ0n) is 9.71. The molecule has 0 saturated heterocycles. The molecule has 1 heterocycles. The van der Waals surface area contributed by atoms with Gasteiger partial charge in [0.05, 0.1) is 10.4 Å². The van der Waals surface area contributed by atoms with Crippen molar-refractivity contribution in [1.29, 1.82) is 0 Å². The number of thiophene rings is 1. The van der Waals surface area contributed by atoms with Gasteiger partial charge in [0, 0.05) is 12.6 Å². The van der Waals surface area contributed by atoms with Crippen LogP contribution in [0.3, 0.4) is 0 Å². The highest BCUT2D eigenvalue weighted by Crippen LogP contribution is 2.24. The third kappa shape index (κ3) is 3.77. The molecule has 2 N–H and O–H groups in total. The van der Waals surface area contributed by atoms with E-state index in [1.165, 1.54) is 11.3 Å². The largest absolute Gasteiger partial charge is 0.355 e. The highest BCUT2D eigenvalue weighted by Gasteiger charge is 2.16. The van der Waals surface area contributed by atoms with Crippen molar-refractivity contribution in [1.82, 2.24) is 10.6 Å². The second-order valence-electron chi connectivity index (χ2n) is 3.69. The Kier molecular flexibility index (Phi) is 5.25. The van der Waals surface area contributed by atoms with Crippen molar-refractivity contribution in [3.05, 3.63) is 21.3 Å². The predicted molar refractivity (Wildman–Crippen MR) is 69.0 cm³/mol. The standard InChI is InChI=1S/C11H17ClN2OS/c1-4-13-11(15)8(3)14-7(2)9-5-10(12)16-6-9/h5-8,14H,4H2,1-3H3,(H,13,15). The zero-order chi connectivity index (χ0) is 12.1. The second-order valence-corrected chi connectivity index (χ2v) is 5.23. The molecule has 1 amide bonds. The van der Waals surface area contributed by atoms with Crippen LogP contribution in [-0.4, -0.2) is 18.5 Å². The number of hydrogen-bond acceptors (Lipinski definition) is 3. The van der Waals surface area contributed by atoms with E-state index in [-0.39, 0.29) is 18.0 Å². The highest BCUT2D eigenvalue weighted by atomic mass is 35.5. The maximum atomic E-state index is 11.5. The minimum Gasteiger partial charge on any atom is -0.355 e. The molecular formula is C11H17ClN2OS. The Hall–Kier alpha value is -0.580. The number of hydrogen-bond donors (Lipinski definition) is 2. The van der Waals surface area contributed by atoms with Gasteiger partial charge in [0.2, 0.25) is 5.91 Å². The van der Waals surface area contributed by atoms with Crippen LogP contribution in [0.1, 0.15) is 32.4 Å². The Morgan fingerprint density at radius 1 is 1.56 bits per heavy atom. The first kappa shape index (κ1) is 13.5. The van der Waals surface area contributed by atoms with E-state index in [1.54, 1.807) is 0 Å². The number of carbonyl (C=O) groups is 1. The second kappa shape index (κ2) is 6.23. The van der Waals surface area contributed by atoms with Crippen molar-refractivity contribution in [2.45, 2.75) is 32.9 Å². The first-order chi connectivity index (χ1) is 7.54. The molecule has 16 heavy (non-hydrogen) atoms. The van der Waals surface area contributed by atoms with Crippen LogP contribution in [0, 0.1) is 0 Å². The molecule has 0 aliphatic heterocycles. The van der Waals surface area contributed by atoms with E-state index in [2.05, 4.69) is 10.6 Å². The molecule has 1 rings (SSSR count). The van der Waals surface area contributed by atoms with E-state index >= 15 is 0 Å². The van der Waals surface area contributed by atoms with E-state index in [0.717, 1.165) is 9.90 Å². The van der Waals surface area contributed by atoms with Gasteiger partial charge in [0.1, 0.15) is 0 Å². The van der Waals surface area contributed by atoms with Crippen molar-refractivity contribution < 1.29 is 4.79 Å². The van der Waals surface area contributed by atoms with Crippen LogP contribution in [0.4, 0.5) is 0 Å². The summed E-state index contributed by atoms with van der Waals surface area (Å²) in [5.41, 5.74) is 1.12. The molecule has 1 aromatic rings. The van der Waals surface area contributed by atoms with Crippen molar-refractivity contribution in [3.8, 4) is 0 Å². The average molecular weight is 261 g/mol. The smallest absolute Gasteiger partial charge is 0.236 e. The molecule has 2 atom stereocenters. The van der Waals surface area contributed by atoms with Gasteiger partial charge in [0.25, 0.3) is 0 Å². The Morgan fingerprint density at radius 2 is 2.25 bits per heavy atom. The maximum Gasteiger partial charge on any atom is 0.236 e. The Labute approximate surface area is 105 Å². The number of amides is 1. The SMILES string of the molecule is CCNC(=O)C(C)NC(C)c1csc(Cl)c1. The van der Waals surface area contributed by atoms with Gasteiger partial charge in [-0.15, -0.1) is 11.3 Å². The summed E-state index contributed by atoms with van der Waals surface area (Å²) >= 11 is 7.37. The van der Waals surface area contributed by atoms with E-state index < -0.39 is 0 Å². The van der Waals surface area contributed by atoms with Gasteiger partial charge < -0.3 is 5.32 Å². The third-order valence-corrected chi connectivity index (χ3v) is 3.44. The summed E-state index contributed by atoms with van der Waals surface area (Å²) in [5.74, 6) is 0.0238. The number of halogens is 1. The van der Waals surface area contributed by atoms with E-state index in [0.29, 0.717) is 6.54 Å². The topological polar surface area (TPSA) is 41.1 Å². The number of nitrogens with one attached hydrogen (secondary N) is 2. The third-order valence-electron chi connectivity index (χ3n) is 2.33. The fraction of sp³-hybridized carbons (Fsp3) is 0.545. The van der Waals surface area contributed by atoms with Crippen LogP contribution >= 0.6 is 22.9 Å². The summed E-state index contributed by atoms with van der Waals surface area (Å²) < 4.78 is 0.773. The summed E-state index contributed by atoms with van der Waals surface area (Å²) in [4.78, 5) is 11.5. The van der Waals surface area contributed by atoms with Crippen LogP contribution in [0.15, 0.2) is 11.4 Å². The molecule has 0 bridgehead atoms. The van der Waals surface area contributed by atoms with Crippen molar-refractivity contribution >= 4 is 28.8 Å². The Balaban J connectivity index is 2.51. The lowest BCUT2D eigenvalue weighted by Crippen LogP contribution is -2.42. The molecule has 0 aliphatic carbocycles. The van der Waals surface area contributed by atoms with Gasteiger partial charge >= 0.3 is 0 Å². The molecule has 0 spiro atoms. The van der Waals surface area contributed by atoms with E-state index in [9.17, 15) is 4.79 Å². The van der Waals surface area contributed by atoms with Crippen LogP contribution in [0.2, 0.25) is 4.34 Å². The van der Waals surface area contributed by atoms with Gasteiger partial charge in [0.15, 0.2) is 0 Å². The number of rotatable bonds is 5. The summed E-state index contributed by atoms with van der Waals surface area (Å²) in [6.07, 6.45) is 0. The highest BCUT2D eigenvalue weighted by molar-refractivity contribution is 7.14. The van der Waals surface area contributed by atoms with Crippen LogP contribution < -0.4 is 10.6 Å². The fourth-order valence-electron chi connectivity index (χ4n) is 1.42. The van der Waals surface area contributed by atoms with E-state index in [1.807, 2.05) is 32.2 Å². The Morgan fingerprint density at radius 3 is 2.75 bits per heavy atom. The molecule has 90 valence electrons. The molecule has 1 aromatic heterocycles. The summed E-state index contributed by atoms with van der Waals surface area (Å²) in [5, 5.41) is 8.02. The molecule has 3 nitrogen and oxygen atoms in total. The lowest BCUT2D eigenvalue weighted by molar-refractivity contribution is -0.122. The molecule has 0 fully saturated rings. The molecule has 0 radical (unpaired) electrons. The average Bonchev–Trinajstić information content (AvgIpc) is 2.65. The van der Waals surface area contributed by atoms with Crippen LogP contribution in [0.25, 0.3) is 0 Å². The maximum absolute atomic E-state index is 11.5. The fourth-order valence-corrected chi connectivity index (χ4v) is 2.41. The van der Waals surface area contributed by atoms with E-state index in [4.69, 9.17) is 11.6 Å². The molecular weight excluding hydrogens is 244 g/mol. The molecule has 2 unspecified atom stereocenters. The van der Waals surface area contributed by atoms with Gasteiger partial charge in [-0.2, -0.15) is 0 Å². The minimum atomic E-state index is -0.200. The normalized spacial score (nSPS) is 14.5. The molecule has 0 aliphatic rings. The van der Waals surface area contributed by atoms with Gasteiger partial charge in [-0.1, -0.05) is 11.6 Å². The van der Waals surface area contributed by atoms with Gasteiger partial charge in [-0.25, -0.2) is 0 Å². The summed E-state index contributed by atoms with van der Waals surface area (Å²) in [7, 11) is 0. The van der Waals surface area contributed by atoms with Crippen molar-refractivity contribution in [2.75, 3.05) is 6.54 Å². The molecule has 5 heteroatoms. The number of carbonyl (C=O) groups excluding carboxylic acids is 1. The minimum absolute atomic E-state index is 0.0238. The number of likely N-dealkylation sites (N-methyl/N-ethyl adjacent to an activating group) is 1. The zero-order valence-corrected chi connectivity index (χ0v) is 11.3. The quantitative estimate of drug-likeness (QED) is 0.854. The molecule has 0 saturated carbocycles. The van der Waals surface area contributed by atoms with Crippen molar-refractivity contribution in [3.63, 3.8) is 0 Å². The summed E-state index contributed by atoms with van der Waals surface area (Å²) in [6, 6.07) is 1.85. The first-order valence-electron chi connectivity index (χ1n) is 5.32. The molecule has 0 aromatic carbocycles. The monoisotopic (exact) mass is 260 g/mol. The lowest BCUT2D eigenvalue weighted by atomic mass is 10.1. The van der Waals surface area contributed by atoms with Gasteiger partial charge in [-0.05, 0) is 37.8 Å². The van der Waals surface area contributed by atoms with Crippen molar-refractivity contribution in [2.24, 2.45) is 0 Å². The summed E-state index contributed by atoms with van der Waals surface area (Å²) in [6.45, 7) is 6.44. The Bertz CT molecular complexity index is 354. The first-order valence-corrected chi connectivity index (χ1v) is 6.58.